The van der Waals surface area contributed by atoms with Crippen LogP contribution in [0.2, 0.25) is 0 Å². The van der Waals surface area contributed by atoms with Gasteiger partial charge in [0.25, 0.3) is 0 Å². The number of carbonyl (C=O) groups excluding carboxylic acids is 2. The standard InChI is InChI=1S/C38H54O10/c1-9-21(4)33-25(8)16-30(39)37(48-33)18-28-17-27(47-37)14-13-23(6)32(46-35(41)20(2)3)22(5)11-10-12-26-19-44-34-31(40)24(7)15-29(36(42)45-28)38(26,34)43/h9-13,15,20,22,25,27-34,39-40,43H,14,16-19H2,1-8H3/b11-10+,21-9+,23-13?,26-12+/t22-,25-,27+,28-,29-,30+,31+,32+,33+,34+,37-,38+/m0/s1. The minimum Gasteiger partial charge on any atom is -0.462 e. The molecule has 0 aromatic heterocycles. The maximum atomic E-state index is 14.1. The third-order valence-corrected chi connectivity index (χ3v) is 10.9. The van der Waals surface area contributed by atoms with E-state index in [1.807, 2.05) is 52.8 Å². The summed E-state index contributed by atoms with van der Waals surface area (Å²) in [6.07, 6.45) is 6.94. The third-order valence-electron chi connectivity index (χ3n) is 10.9. The van der Waals surface area contributed by atoms with Crippen LogP contribution < -0.4 is 0 Å². The SMILES string of the molecule is C/C=C(\C)[C@H]1O[C@@]2(C[C@@H]3C[C@@H](CC=C(C)[C@H](OC(=O)C(C)C)[C@@H](C)/C=C/C=C4\CO[C@@H]5[C@H](O)C(C)=C[C@@H](C(=O)O3)[C@]45O)O2)[C@H](O)C[C@@H]1C. The van der Waals surface area contributed by atoms with Crippen LogP contribution in [-0.4, -0.2) is 88.0 Å². The molecule has 2 bridgehead atoms. The third kappa shape index (κ3) is 6.89. The van der Waals surface area contributed by atoms with E-state index in [9.17, 15) is 24.9 Å². The van der Waals surface area contributed by atoms with Crippen molar-refractivity contribution < 1.29 is 48.6 Å². The van der Waals surface area contributed by atoms with Crippen LogP contribution in [0.4, 0.5) is 0 Å². The topological polar surface area (TPSA) is 141 Å². The summed E-state index contributed by atoms with van der Waals surface area (Å²) in [5.41, 5.74) is 0.935. The number of ether oxygens (including phenoxy) is 5. The van der Waals surface area contributed by atoms with E-state index in [1.54, 1.807) is 39.0 Å². The van der Waals surface area contributed by atoms with Crippen molar-refractivity contribution in [2.24, 2.45) is 23.7 Å². The molecule has 1 aliphatic carbocycles. The molecule has 12 atom stereocenters. The molecule has 0 aromatic rings. The molecular weight excluding hydrogens is 616 g/mol. The highest BCUT2D eigenvalue weighted by molar-refractivity contribution is 5.78. The van der Waals surface area contributed by atoms with Gasteiger partial charge in [-0.2, -0.15) is 0 Å². The van der Waals surface area contributed by atoms with Gasteiger partial charge in [0, 0.05) is 18.8 Å². The van der Waals surface area contributed by atoms with E-state index in [0.717, 1.165) is 11.1 Å². The second kappa shape index (κ2) is 14.3. The molecule has 5 aliphatic rings. The minimum absolute atomic E-state index is 0.0128. The summed E-state index contributed by atoms with van der Waals surface area (Å²) < 4.78 is 31.5. The molecule has 1 spiro atoms. The normalized spacial score (nSPS) is 44.2. The maximum absolute atomic E-state index is 14.1. The molecule has 5 rings (SSSR count). The number of fused-ring (bicyclic) bond motifs is 2. The lowest BCUT2D eigenvalue weighted by Crippen LogP contribution is -2.62. The average molecular weight is 671 g/mol. The zero-order valence-corrected chi connectivity index (χ0v) is 29.5. The van der Waals surface area contributed by atoms with Crippen LogP contribution in [0.3, 0.4) is 0 Å². The lowest BCUT2D eigenvalue weighted by atomic mass is 9.71. The molecule has 10 nitrogen and oxygen atoms in total. The molecule has 4 heterocycles. The summed E-state index contributed by atoms with van der Waals surface area (Å²) >= 11 is 0. The fourth-order valence-electron chi connectivity index (χ4n) is 7.83. The highest BCUT2D eigenvalue weighted by atomic mass is 16.7. The first-order valence-corrected chi connectivity index (χ1v) is 17.4. The van der Waals surface area contributed by atoms with Gasteiger partial charge in [-0.1, -0.05) is 64.2 Å². The van der Waals surface area contributed by atoms with Gasteiger partial charge in [-0.3, -0.25) is 9.59 Å². The minimum atomic E-state index is -1.85. The lowest BCUT2D eigenvalue weighted by molar-refractivity contribution is -0.363. The van der Waals surface area contributed by atoms with Crippen LogP contribution in [0.5, 0.6) is 0 Å². The fraction of sp³-hybridized carbons (Fsp3) is 0.684. The van der Waals surface area contributed by atoms with Crippen LogP contribution in [-0.2, 0) is 33.3 Å². The van der Waals surface area contributed by atoms with E-state index in [1.165, 1.54) is 0 Å². The van der Waals surface area contributed by atoms with Crippen LogP contribution in [0.15, 0.2) is 58.7 Å². The maximum Gasteiger partial charge on any atom is 0.316 e. The molecule has 0 saturated carbocycles. The number of rotatable bonds is 3. The largest absolute Gasteiger partial charge is 0.462 e. The Hall–Kier alpha value is -2.60. The highest BCUT2D eigenvalue weighted by Crippen LogP contribution is 2.48. The molecule has 48 heavy (non-hydrogen) atoms. The molecule has 266 valence electrons. The monoisotopic (exact) mass is 670 g/mol. The zero-order valence-electron chi connectivity index (χ0n) is 29.5. The van der Waals surface area contributed by atoms with Gasteiger partial charge in [0.1, 0.15) is 42.0 Å². The molecule has 0 amide bonds. The summed E-state index contributed by atoms with van der Waals surface area (Å²) in [5, 5.41) is 34.8. The Morgan fingerprint density at radius 1 is 1.10 bits per heavy atom. The quantitative estimate of drug-likeness (QED) is 0.288. The van der Waals surface area contributed by atoms with Crippen molar-refractivity contribution in [1.82, 2.24) is 0 Å². The number of allylic oxidation sites excluding steroid dienone is 3. The first kappa shape index (κ1) is 36.7. The van der Waals surface area contributed by atoms with E-state index in [-0.39, 0.29) is 42.9 Å². The van der Waals surface area contributed by atoms with Gasteiger partial charge < -0.3 is 39.0 Å². The van der Waals surface area contributed by atoms with Crippen LogP contribution in [0.1, 0.15) is 81.1 Å². The first-order valence-electron chi connectivity index (χ1n) is 17.4. The van der Waals surface area contributed by atoms with Gasteiger partial charge in [0.2, 0.25) is 0 Å². The fourth-order valence-corrected chi connectivity index (χ4v) is 7.83. The smallest absolute Gasteiger partial charge is 0.316 e. The summed E-state index contributed by atoms with van der Waals surface area (Å²) in [5.74, 6) is -4.08. The highest BCUT2D eigenvalue weighted by Gasteiger charge is 2.60. The molecule has 0 aromatic carbocycles. The Labute approximate surface area is 284 Å². The van der Waals surface area contributed by atoms with Gasteiger partial charge in [0.05, 0.1) is 24.7 Å². The van der Waals surface area contributed by atoms with Gasteiger partial charge >= 0.3 is 11.9 Å². The predicted octanol–water partition coefficient (Wildman–Crippen LogP) is 4.63. The molecule has 3 N–H and O–H groups in total. The Balaban J connectivity index is 1.59. The number of aliphatic hydroxyl groups is 3. The van der Waals surface area contributed by atoms with Crippen molar-refractivity contribution in [3.63, 3.8) is 0 Å². The predicted molar refractivity (Wildman–Crippen MR) is 178 cm³/mol. The summed E-state index contributed by atoms with van der Waals surface area (Å²) in [4.78, 5) is 26.9. The van der Waals surface area contributed by atoms with Crippen molar-refractivity contribution in [3.05, 3.63) is 58.7 Å². The van der Waals surface area contributed by atoms with Crippen LogP contribution in [0, 0.1) is 23.7 Å². The summed E-state index contributed by atoms with van der Waals surface area (Å²) in [7, 11) is 0. The lowest BCUT2D eigenvalue weighted by Gasteiger charge is -2.52. The Morgan fingerprint density at radius 3 is 2.52 bits per heavy atom. The zero-order chi connectivity index (χ0) is 35.1. The van der Waals surface area contributed by atoms with E-state index in [2.05, 4.69) is 0 Å². The number of esters is 2. The van der Waals surface area contributed by atoms with E-state index >= 15 is 0 Å². The number of aliphatic hydroxyl groups excluding tert-OH is 2. The second-order valence-corrected chi connectivity index (χ2v) is 14.9. The Morgan fingerprint density at radius 2 is 1.83 bits per heavy atom. The molecule has 3 fully saturated rings. The van der Waals surface area contributed by atoms with E-state index in [4.69, 9.17) is 23.7 Å². The molecule has 4 aliphatic heterocycles. The van der Waals surface area contributed by atoms with Crippen molar-refractivity contribution in [2.45, 2.75) is 135 Å². The Kier molecular flexibility index (Phi) is 10.9. The van der Waals surface area contributed by atoms with Gasteiger partial charge in [-0.15, -0.1) is 0 Å². The summed E-state index contributed by atoms with van der Waals surface area (Å²) in [6, 6.07) is 0. The van der Waals surface area contributed by atoms with Crippen molar-refractivity contribution in [1.29, 1.82) is 0 Å². The molecule has 3 saturated heterocycles. The molecule has 10 heteroatoms. The van der Waals surface area contributed by atoms with E-state index < -0.39 is 59.9 Å². The number of carbonyl (C=O) groups is 2. The molecule has 0 radical (unpaired) electrons. The van der Waals surface area contributed by atoms with Gasteiger partial charge in [-0.05, 0) is 68.7 Å². The number of hydrogen-bond donors (Lipinski definition) is 3. The van der Waals surface area contributed by atoms with Crippen molar-refractivity contribution in [3.8, 4) is 0 Å². The van der Waals surface area contributed by atoms with Crippen molar-refractivity contribution >= 4 is 11.9 Å². The van der Waals surface area contributed by atoms with E-state index in [0.29, 0.717) is 30.4 Å². The average Bonchev–Trinajstić information content (AvgIpc) is 3.37. The first-order chi connectivity index (χ1) is 22.6. The van der Waals surface area contributed by atoms with Gasteiger partial charge in [-0.25, -0.2) is 0 Å². The molecular formula is C38H54O10. The number of hydrogen-bond acceptors (Lipinski definition) is 10. The Bertz CT molecular complexity index is 1390. The van der Waals surface area contributed by atoms with Crippen LogP contribution >= 0.6 is 0 Å². The van der Waals surface area contributed by atoms with Gasteiger partial charge in [0.15, 0.2) is 5.79 Å². The second-order valence-electron chi connectivity index (χ2n) is 14.9. The molecule has 0 unspecified atom stereocenters. The summed E-state index contributed by atoms with van der Waals surface area (Å²) in [6.45, 7) is 15.1. The van der Waals surface area contributed by atoms with Crippen LogP contribution in [0.25, 0.3) is 0 Å². The van der Waals surface area contributed by atoms with Crippen molar-refractivity contribution in [2.75, 3.05) is 6.61 Å².